The van der Waals surface area contributed by atoms with Crippen LogP contribution >= 0.6 is 0 Å². The quantitative estimate of drug-likeness (QED) is 0.794. The normalized spacial score (nSPS) is 24.4. The first-order valence-electron chi connectivity index (χ1n) is 6.95. The van der Waals surface area contributed by atoms with Crippen molar-refractivity contribution in [1.29, 1.82) is 0 Å². The minimum Gasteiger partial charge on any atom is -0.481 e. The lowest BCUT2D eigenvalue weighted by atomic mass is 9.83. The van der Waals surface area contributed by atoms with Crippen molar-refractivity contribution in [2.75, 3.05) is 19.6 Å². The van der Waals surface area contributed by atoms with Gasteiger partial charge in [0.25, 0.3) is 0 Å². The number of nitrogens with one attached hydrogen (secondary N) is 1. The number of carboxylic acids is 1. The third-order valence-corrected chi connectivity index (χ3v) is 3.50. The largest absolute Gasteiger partial charge is 0.481 e. The van der Waals surface area contributed by atoms with Gasteiger partial charge in [0.15, 0.2) is 0 Å². The summed E-state index contributed by atoms with van der Waals surface area (Å²) < 4.78 is 0. The summed E-state index contributed by atoms with van der Waals surface area (Å²) >= 11 is 0. The van der Waals surface area contributed by atoms with Crippen LogP contribution in [-0.4, -0.2) is 47.1 Å². The molecule has 0 aromatic rings. The molecule has 1 aliphatic rings. The Balaban J connectivity index is 2.56. The molecule has 0 radical (unpaired) electrons. The van der Waals surface area contributed by atoms with Crippen LogP contribution in [0.25, 0.3) is 0 Å². The van der Waals surface area contributed by atoms with Gasteiger partial charge in [-0.3, -0.25) is 14.5 Å². The topological polar surface area (TPSA) is 69.6 Å². The van der Waals surface area contributed by atoms with E-state index in [4.69, 9.17) is 0 Å². The predicted molar refractivity (Wildman–Crippen MR) is 73.9 cm³/mol. The molecule has 1 saturated heterocycles. The first-order chi connectivity index (χ1) is 8.68. The number of carbonyl (C=O) groups excluding carboxylic acids is 1. The van der Waals surface area contributed by atoms with Crippen LogP contribution in [0, 0.1) is 5.41 Å². The van der Waals surface area contributed by atoms with Crippen molar-refractivity contribution in [3.05, 3.63) is 0 Å². The molecule has 19 heavy (non-hydrogen) atoms. The van der Waals surface area contributed by atoms with Crippen molar-refractivity contribution in [3.63, 3.8) is 0 Å². The molecule has 5 heteroatoms. The lowest BCUT2D eigenvalue weighted by Crippen LogP contribution is -2.46. The molecule has 0 aliphatic carbocycles. The van der Waals surface area contributed by atoms with Crippen LogP contribution in [0.1, 0.15) is 47.0 Å². The van der Waals surface area contributed by atoms with E-state index in [1.54, 1.807) is 0 Å². The van der Waals surface area contributed by atoms with E-state index in [2.05, 4.69) is 5.32 Å². The smallest absolute Gasteiger partial charge is 0.310 e. The molecule has 0 saturated carbocycles. The fraction of sp³-hybridized carbons (Fsp3) is 0.857. The van der Waals surface area contributed by atoms with Crippen molar-refractivity contribution >= 4 is 11.9 Å². The van der Waals surface area contributed by atoms with Crippen molar-refractivity contribution < 1.29 is 14.7 Å². The number of hydrogen-bond acceptors (Lipinski definition) is 3. The van der Waals surface area contributed by atoms with E-state index in [1.165, 1.54) is 0 Å². The molecule has 110 valence electrons. The number of carbonyl (C=O) groups is 2. The van der Waals surface area contributed by atoms with Gasteiger partial charge in [0.05, 0.1) is 12.0 Å². The van der Waals surface area contributed by atoms with E-state index < -0.39 is 11.4 Å². The molecule has 1 unspecified atom stereocenters. The summed E-state index contributed by atoms with van der Waals surface area (Å²) in [6.07, 6.45) is 2.17. The molecule has 0 aromatic carbocycles. The molecule has 1 rings (SSSR count). The number of likely N-dealkylation sites (tertiary alicyclic amines) is 1. The second-order valence-corrected chi connectivity index (χ2v) is 6.59. The Morgan fingerprint density at radius 3 is 2.47 bits per heavy atom. The highest BCUT2D eigenvalue weighted by Gasteiger charge is 2.44. The maximum Gasteiger partial charge on any atom is 0.310 e. The van der Waals surface area contributed by atoms with Gasteiger partial charge in [0.2, 0.25) is 5.91 Å². The molecule has 1 fully saturated rings. The molecule has 0 aromatic heterocycles. The third-order valence-electron chi connectivity index (χ3n) is 3.50. The fourth-order valence-electron chi connectivity index (χ4n) is 2.72. The standard InChI is InChI=1S/C14H26N2O3/c1-5-6-14(12(18)19)7-8-16(10-14)9-11(17)15-13(2,3)4/h5-10H2,1-4H3,(H,15,17)(H,18,19). The average Bonchev–Trinajstić information content (AvgIpc) is 2.60. The van der Waals surface area contributed by atoms with Gasteiger partial charge >= 0.3 is 5.97 Å². The van der Waals surface area contributed by atoms with Crippen LogP contribution in [0.15, 0.2) is 0 Å². The lowest BCUT2D eigenvalue weighted by Gasteiger charge is -2.25. The van der Waals surface area contributed by atoms with Crippen LogP contribution in [0.2, 0.25) is 0 Å². The highest BCUT2D eigenvalue weighted by molar-refractivity contribution is 5.79. The van der Waals surface area contributed by atoms with Gasteiger partial charge in [0, 0.05) is 12.1 Å². The van der Waals surface area contributed by atoms with Gasteiger partial charge in [-0.05, 0) is 40.2 Å². The Labute approximate surface area is 115 Å². The molecule has 5 nitrogen and oxygen atoms in total. The molecule has 2 N–H and O–H groups in total. The zero-order valence-electron chi connectivity index (χ0n) is 12.5. The van der Waals surface area contributed by atoms with Crippen LogP contribution in [0.4, 0.5) is 0 Å². The Morgan fingerprint density at radius 1 is 1.37 bits per heavy atom. The molecular weight excluding hydrogens is 244 g/mol. The number of hydrogen-bond donors (Lipinski definition) is 2. The summed E-state index contributed by atoms with van der Waals surface area (Å²) in [4.78, 5) is 25.2. The summed E-state index contributed by atoms with van der Waals surface area (Å²) in [6, 6.07) is 0. The van der Waals surface area contributed by atoms with Crippen molar-refractivity contribution in [2.24, 2.45) is 5.41 Å². The number of aliphatic carboxylic acids is 1. The number of carboxylic acid groups (broad SMARTS) is 1. The molecule has 1 atom stereocenters. The Hall–Kier alpha value is -1.10. The summed E-state index contributed by atoms with van der Waals surface area (Å²) in [6.45, 7) is 9.27. The highest BCUT2D eigenvalue weighted by Crippen LogP contribution is 2.35. The second-order valence-electron chi connectivity index (χ2n) is 6.59. The van der Waals surface area contributed by atoms with Crippen molar-refractivity contribution in [2.45, 2.75) is 52.5 Å². The molecule has 0 spiro atoms. The molecule has 1 amide bonds. The van der Waals surface area contributed by atoms with Crippen molar-refractivity contribution in [3.8, 4) is 0 Å². The lowest BCUT2D eigenvalue weighted by molar-refractivity contribution is -0.149. The van der Waals surface area contributed by atoms with Crippen LogP contribution in [0.5, 0.6) is 0 Å². The Bertz CT molecular complexity index is 349. The zero-order chi connectivity index (χ0) is 14.7. The van der Waals surface area contributed by atoms with Gasteiger partial charge in [-0.2, -0.15) is 0 Å². The van der Waals surface area contributed by atoms with E-state index in [1.807, 2.05) is 32.6 Å². The minimum atomic E-state index is -0.729. The summed E-state index contributed by atoms with van der Waals surface area (Å²) in [5.74, 6) is -0.765. The number of rotatable bonds is 5. The molecular formula is C14H26N2O3. The first-order valence-corrected chi connectivity index (χ1v) is 6.95. The maximum atomic E-state index is 11.9. The van der Waals surface area contributed by atoms with Gasteiger partial charge < -0.3 is 10.4 Å². The monoisotopic (exact) mass is 270 g/mol. The van der Waals surface area contributed by atoms with Gasteiger partial charge in [-0.25, -0.2) is 0 Å². The van der Waals surface area contributed by atoms with Gasteiger partial charge in [0.1, 0.15) is 0 Å². The van der Waals surface area contributed by atoms with E-state index in [-0.39, 0.29) is 18.0 Å². The maximum absolute atomic E-state index is 11.9. The summed E-state index contributed by atoms with van der Waals surface area (Å²) in [7, 11) is 0. The highest BCUT2D eigenvalue weighted by atomic mass is 16.4. The second kappa shape index (κ2) is 5.90. The summed E-state index contributed by atoms with van der Waals surface area (Å²) in [5, 5.41) is 12.3. The molecule has 1 aliphatic heterocycles. The van der Waals surface area contributed by atoms with Crippen LogP contribution < -0.4 is 5.32 Å². The number of nitrogens with zero attached hydrogens (tertiary/aromatic N) is 1. The van der Waals surface area contributed by atoms with Gasteiger partial charge in [-0.15, -0.1) is 0 Å². The zero-order valence-corrected chi connectivity index (χ0v) is 12.5. The molecule has 0 bridgehead atoms. The average molecular weight is 270 g/mol. The SMILES string of the molecule is CCCC1(C(=O)O)CCN(CC(=O)NC(C)(C)C)C1. The van der Waals surface area contributed by atoms with E-state index in [0.717, 1.165) is 6.42 Å². The van der Waals surface area contributed by atoms with Gasteiger partial charge in [-0.1, -0.05) is 13.3 Å². The predicted octanol–water partition coefficient (Wildman–Crippen LogP) is 1.48. The van der Waals surface area contributed by atoms with E-state index >= 15 is 0 Å². The third kappa shape index (κ3) is 4.49. The van der Waals surface area contributed by atoms with Crippen molar-refractivity contribution in [1.82, 2.24) is 10.2 Å². The van der Waals surface area contributed by atoms with Crippen LogP contribution in [-0.2, 0) is 9.59 Å². The Morgan fingerprint density at radius 2 is 2.00 bits per heavy atom. The minimum absolute atomic E-state index is 0.0369. The summed E-state index contributed by atoms with van der Waals surface area (Å²) in [5.41, 5.74) is -0.902. The van der Waals surface area contributed by atoms with Crippen LogP contribution in [0.3, 0.4) is 0 Å². The fourth-order valence-corrected chi connectivity index (χ4v) is 2.72. The molecule has 1 heterocycles. The van der Waals surface area contributed by atoms with E-state index in [9.17, 15) is 14.7 Å². The first kappa shape index (κ1) is 16.0. The number of amides is 1. The Kier molecular flexibility index (Phi) is 4.96. The van der Waals surface area contributed by atoms with E-state index in [0.29, 0.717) is 25.9 Å².